The zero-order valence-corrected chi connectivity index (χ0v) is 82.9. The molecule has 36 heteroatoms. The number of ketones is 5. The SMILES string of the molecule is CC1=C(O)C(=Nc2c(NCC[N+]3(C)CCCCC3)nn3ccccc23)C=CC1=O.C[N+]1(CCNc2nn3ccccc3c2N=C2C=C(Cl)C(O)=CC2=O)CCCCC1.C[N+]1(CCNc2nn3ccccc3c2N=C2C=CC(=O)C=C2N)CCCCC1.C[N+]1(CCNc2nn3ccccc3c2N=C2C=CC(=O)C=C2O)CCCCC1.C[N+]1(CCNc2nn3ccccc3c2N=C2C=CC(N)=CC2=O)CCCCC1. The molecule has 15 heterocycles. The number of nitrogens with one attached hydrogen (secondary N) is 5. The molecule has 742 valence electrons. The highest BCUT2D eigenvalue weighted by atomic mass is 35.5. The fourth-order valence-electron chi connectivity index (χ4n) is 19.6. The van der Waals surface area contributed by atoms with E-state index >= 15 is 0 Å². The number of aliphatic hydroxyl groups is 3. The van der Waals surface area contributed by atoms with Crippen molar-refractivity contribution in [1.29, 1.82) is 0 Å². The van der Waals surface area contributed by atoms with Gasteiger partial charge in [-0.1, -0.05) is 41.9 Å². The van der Waals surface area contributed by atoms with E-state index in [2.05, 4.69) is 107 Å². The van der Waals surface area contributed by atoms with Gasteiger partial charge in [-0.05, 0) is 219 Å². The molecule has 5 fully saturated rings. The van der Waals surface area contributed by atoms with Gasteiger partial charge in [0.15, 0.2) is 46.4 Å². The summed E-state index contributed by atoms with van der Waals surface area (Å²) in [7, 11) is 11.6. The van der Waals surface area contributed by atoms with E-state index in [9.17, 15) is 39.3 Å². The van der Waals surface area contributed by atoms with Crippen molar-refractivity contribution >= 4 is 154 Å². The number of quaternary nitrogens is 5. The monoisotopic (exact) mass is 1950 g/mol. The van der Waals surface area contributed by atoms with Crippen LogP contribution in [0.15, 0.2) is 265 Å². The lowest BCUT2D eigenvalue weighted by molar-refractivity contribution is -0.912. The number of pyridine rings is 5. The summed E-state index contributed by atoms with van der Waals surface area (Å²) in [5, 5.41) is 70.6. The Labute approximate surface area is 831 Å². The Balaban J connectivity index is 0.000000128. The highest BCUT2D eigenvalue weighted by Crippen LogP contribution is 2.38. The number of fused-ring (bicyclic) bond motifs is 5. The number of hydrogen-bond donors (Lipinski definition) is 10. The number of nitrogens with two attached hydrogens (primary N) is 2. The summed E-state index contributed by atoms with van der Waals surface area (Å²) in [5.74, 6) is 1.85. The lowest BCUT2D eigenvalue weighted by Gasteiger charge is -2.37. The van der Waals surface area contributed by atoms with E-state index in [1.165, 1.54) is 210 Å². The Hall–Kier alpha value is -14.4. The van der Waals surface area contributed by atoms with E-state index in [1.54, 1.807) is 49.3 Å². The van der Waals surface area contributed by atoms with Gasteiger partial charge in [0.1, 0.15) is 68.6 Å². The highest BCUT2D eigenvalue weighted by molar-refractivity contribution is 6.52. The van der Waals surface area contributed by atoms with Gasteiger partial charge >= 0.3 is 0 Å². The van der Waals surface area contributed by atoms with Gasteiger partial charge in [-0.25, -0.2) is 47.5 Å². The Morgan fingerprint density at radius 2 is 0.613 bits per heavy atom. The fraction of sp³-hybridized carbons (Fsp3) is 0.387. The summed E-state index contributed by atoms with van der Waals surface area (Å²) in [4.78, 5) is 82.4. The average molecular weight is 1950 g/mol. The summed E-state index contributed by atoms with van der Waals surface area (Å²) in [6, 6.07) is 29.0. The number of hydrogen-bond acceptors (Lipinski definition) is 25. The van der Waals surface area contributed by atoms with Crippen LogP contribution in [-0.2, 0) is 24.0 Å². The molecule has 0 unspecified atom stereocenters. The van der Waals surface area contributed by atoms with Crippen molar-refractivity contribution in [3.63, 3.8) is 0 Å². The molecule has 0 aromatic carbocycles. The van der Waals surface area contributed by atoms with Crippen LogP contribution in [-0.4, -0.2) is 309 Å². The Morgan fingerprint density at radius 3 is 0.944 bits per heavy atom. The van der Waals surface area contributed by atoms with E-state index in [-0.39, 0.29) is 56.9 Å². The first kappa shape index (κ1) is 101. The third-order valence-electron chi connectivity index (χ3n) is 28.2. The van der Waals surface area contributed by atoms with Gasteiger partial charge in [0.05, 0.1) is 210 Å². The number of nitrogens with zero attached hydrogens (tertiary/aromatic N) is 20. The van der Waals surface area contributed by atoms with E-state index in [1.807, 2.05) is 126 Å². The normalized spacial score (nSPS) is 20.6. The molecule has 5 aliphatic carbocycles. The Kier molecular flexibility index (Phi) is 32.2. The van der Waals surface area contributed by atoms with Crippen LogP contribution in [0.5, 0.6) is 0 Å². The number of piperidine rings is 5. The topological polar surface area (TPSA) is 407 Å². The second-order valence-corrected chi connectivity index (χ2v) is 39.9. The molecular weight excluding hydrogens is 1810 g/mol. The maximum atomic E-state index is 12.3. The molecule has 142 heavy (non-hydrogen) atoms. The number of likely N-dealkylation sites (N-methyl/N-ethyl adjacent to an activating group) is 5. The second-order valence-electron chi connectivity index (χ2n) is 39.5. The van der Waals surface area contributed by atoms with Gasteiger partial charge in [-0.2, -0.15) is 0 Å². The number of likely N-dealkylation sites (tertiary alicyclic amines) is 5. The van der Waals surface area contributed by atoms with Crippen LogP contribution in [0.1, 0.15) is 103 Å². The minimum atomic E-state index is -0.389. The van der Waals surface area contributed by atoms with Gasteiger partial charge in [-0.15, -0.1) is 25.5 Å². The van der Waals surface area contributed by atoms with Crippen LogP contribution in [0, 0.1) is 0 Å². The number of carbonyl (C=O) groups excluding carboxylic acids is 5. The highest BCUT2D eigenvalue weighted by Gasteiger charge is 2.33. The molecule has 0 atom stereocenters. The molecule has 0 amide bonds. The summed E-state index contributed by atoms with van der Waals surface area (Å²) in [5.41, 5.74) is 22.3. The van der Waals surface area contributed by atoms with E-state index in [0.29, 0.717) is 85.8 Å². The Bertz CT molecular complexity index is 6720. The molecule has 0 spiro atoms. The first-order valence-corrected chi connectivity index (χ1v) is 50.1. The average Bonchev–Trinajstić information content (AvgIpc) is 1.66. The van der Waals surface area contributed by atoms with Crippen molar-refractivity contribution in [3.8, 4) is 0 Å². The van der Waals surface area contributed by atoms with Crippen molar-refractivity contribution in [1.82, 2.24) is 48.1 Å². The van der Waals surface area contributed by atoms with Crippen molar-refractivity contribution in [2.45, 2.75) is 103 Å². The Morgan fingerprint density at radius 1 is 0.324 bits per heavy atom. The van der Waals surface area contributed by atoms with Crippen LogP contribution in [0.2, 0.25) is 0 Å². The molecule has 0 bridgehead atoms. The van der Waals surface area contributed by atoms with Gasteiger partial charge in [0.2, 0.25) is 11.6 Å². The summed E-state index contributed by atoms with van der Waals surface area (Å²) >= 11 is 5.98. The zero-order chi connectivity index (χ0) is 99.6. The van der Waals surface area contributed by atoms with Crippen LogP contribution in [0.4, 0.5) is 57.5 Å². The molecule has 0 radical (unpaired) electrons. The molecule has 0 saturated carbocycles. The fourth-order valence-corrected chi connectivity index (χ4v) is 19.8. The van der Waals surface area contributed by atoms with Gasteiger partial charge < -0.3 is 75.8 Å². The van der Waals surface area contributed by atoms with Crippen LogP contribution in [0.3, 0.4) is 0 Å². The van der Waals surface area contributed by atoms with Crippen LogP contribution >= 0.6 is 11.6 Å². The predicted octanol–water partition coefficient (Wildman–Crippen LogP) is 14.9. The minimum Gasteiger partial charge on any atom is -0.506 e. The van der Waals surface area contributed by atoms with Gasteiger partial charge in [-0.3, -0.25) is 24.0 Å². The van der Waals surface area contributed by atoms with E-state index < -0.39 is 0 Å². The van der Waals surface area contributed by atoms with Crippen LogP contribution < -0.4 is 38.1 Å². The maximum Gasteiger partial charge on any atom is 0.207 e. The molecular formula is C106H133ClN27O8+5. The van der Waals surface area contributed by atoms with Crippen molar-refractivity contribution in [2.75, 3.05) is 193 Å². The number of anilines is 5. The largest absolute Gasteiger partial charge is 0.506 e. The van der Waals surface area contributed by atoms with Crippen molar-refractivity contribution in [2.24, 2.45) is 36.4 Å². The van der Waals surface area contributed by atoms with Crippen LogP contribution in [0.25, 0.3) is 27.6 Å². The standard InChI is InChI=1S/C22H27N5O2.C21H24ClN5O2.2C21H26N6O.C21H25N5O2/c1-16-19(28)10-9-17(21(16)29)24-20-18-8-4-5-12-26(18)25-22(20)23-11-15-27(2)13-6-3-7-14-27;1-27(10-5-2-6-11-27)12-8-23-21-20(17-7-3-4-9-26(17)25-21)24-16-13-15(22)18(28)14-19(16)29;1-27(12-5-2-6-13-27)14-10-23-21-20(19-7-3-4-11-26(19)25-21)24-18-9-8-16(28)15-17(18)22;1-27(12-5-2-6-13-27)14-10-23-21-20(18-7-3-4-11-26(18)25-21)24-17-9-8-16(22)15-19(17)28;1-26(12-5-2-6-13-26)14-10-22-21-20(18-7-3-4-11-25(18)24-21)23-17-9-8-16(27)15-19(17)28/h4-5,8-10,12H,3,6-7,11,13-15H2,1-2H3,(H-,23,25,28,29);3-4,7,9,13-14H,2,5-6,8,10-12H2,1H3,(H-,23,25,28,29);2*3-4,7-9,11,15H,2,5-6,10,12-14H2,1H3,(H2-,22,23,25,28);3-4,7-9,11,15H,2,5-6,10,12-14H2,1H3,(H-,22,24,27,28)/p+5. The summed E-state index contributed by atoms with van der Waals surface area (Å²) in [6.45, 7) is 23.0. The van der Waals surface area contributed by atoms with Gasteiger partial charge in [0, 0.05) is 66.6 Å². The zero-order valence-electron chi connectivity index (χ0n) is 82.2. The molecule has 10 aromatic rings. The maximum absolute atomic E-state index is 12.3. The lowest BCUT2D eigenvalue weighted by atomic mass is 10.0. The minimum absolute atomic E-state index is 0.0786. The smallest absolute Gasteiger partial charge is 0.207 e. The molecule has 12 N–H and O–H groups in total. The van der Waals surface area contributed by atoms with E-state index in [4.69, 9.17) is 28.1 Å². The molecule has 35 nitrogen and oxygen atoms in total. The third-order valence-corrected chi connectivity index (χ3v) is 28.6. The number of aliphatic hydroxyl groups excluding tert-OH is 3. The molecule has 5 aliphatic heterocycles. The quantitative estimate of drug-likeness (QED) is 0.0144. The number of carbonyl (C=O) groups is 5. The molecule has 10 aliphatic rings. The lowest BCUT2D eigenvalue weighted by Crippen LogP contribution is -2.50. The number of rotatable bonds is 25. The number of allylic oxidation sites excluding steroid dienone is 15. The number of halogens is 1. The molecule has 5 saturated heterocycles. The van der Waals surface area contributed by atoms with E-state index in [0.717, 1.165) is 133 Å². The molecule has 10 aromatic heterocycles. The van der Waals surface area contributed by atoms with Gasteiger partial charge in [0.25, 0.3) is 0 Å². The predicted molar refractivity (Wildman–Crippen MR) is 564 cm³/mol. The first-order valence-electron chi connectivity index (χ1n) is 49.7. The molecule has 20 rings (SSSR count). The first-order chi connectivity index (χ1) is 68.5. The number of aliphatic imine (C=N–C) groups is 5. The van der Waals surface area contributed by atoms with Crippen molar-refractivity contribution < 1.29 is 61.7 Å². The second kappa shape index (κ2) is 45.5. The summed E-state index contributed by atoms with van der Waals surface area (Å²) in [6.07, 6.45) is 47.9. The van der Waals surface area contributed by atoms with Crippen molar-refractivity contribution in [3.05, 3.63) is 240 Å². The summed E-state index contributed by atoms with van der Waals surface area (Å²) < 4.78 is 14.3. The third kappa shape index (κ3) is 25.3. The number of aromatic nitrogens is 10.